The van der Waals surface area contributed by atoms with E-state index < -0.39 is 5.66 Å². The van der Waals surface area contributed by atoms with Crippen molar-refractivity contribution < 1.29 is 0 Å². The average Bonchev–Trinajstić information content (AvgIpc) is 2.45. The zero-order valence-electron chi connectivity index (χ0n) is 15.3. The van der Waals surface area contributed by atoms with Crippen molar-refractivity contribution in [2.75, 3.05) is 0 Å². The Balaban J connectivity index is 2.78. The van der Waals surface area contributed by atoms with Crippen LogP contribution in [0.2, 0.25) is 0 Å². The molecule has 0 spiro atoms. The fraction of sp³-hybridized carbons (Fsp3) is 0.429. The predicted octanol–water partition coefficient (Wildman–Crippen LogP) is 4.40. The summed E-state index contributed by atoms with van der Waals surface area (Å²) in [5, 5.41) is 0. The van der Waals surface area contributed by atoms with E-state index in [0.717, 1.165) is 11.1 Å². The molecule has 0 heterocycles. The number of benzene rings is 2. The van der Waals surface area contributed by atoms with Crippen LogP contribution in [0.3, 0.4) is 0 Å². The summed E-state index contributed by atoms with van der Waals surface area (Å²) >= 11 is 0. The highest BCUT2D eigenvalue weighted by Gasteiger charge is 2.34. The Labute approximate surface area is 140 Å². The monoisotopic (exact) mass is 310 g/mol. The number of rotatable bonds is 2. The first-order valence-corrected chi connectivity index (χ1v) is 8.23. The van der Waals surface area contributed by atoms with Gasteiger partial charge in [0.1, 0.15) is 5.66 Å². The largest absolute Gasteiger partial charge is 0.306 e. The van der Waals surface area contributed by atoms with E-state index in [1.165, 1.54) is 11.1 Å². The number of hydrogen-bond donors (Lipinski definition) is 2. The quantitative estimate of drug-likeness (QED) is 0.808. The Bertz CT molecular complexity index is 671. The van der Waals surface area contributed by atoms with Crippen LogP contribution in [-0.4, -0.2) is 0 Å². The van der Waals surface area contributed by atoms with Crippen molar-refractivity contribution in [2.45, 2.75) is 58.0 Å². The van der Waals surface area contributed by atoms with Gasteiger partial charge < -0.3 is 11.5 Å². The van der Waals surface area contributed by atoms with Gasteiger partial charge in [0.2, 0.25) is 0 Å². The molecule has 0 bridgehead atoms. The summed E-state index contributed by atoms with van der Waals surface area (Å²) in [5.41, 5.74) is 16.8. The summed E-state index contributed by atoms with van der Waals surface area (Å²) in [6.45, 7) is 13.4. The van der Waals surface area contributed by atoms with E-state index in [-0.39, 0.29) is 10.8 Å². The molecule has 0 aliphatic heterocycles. The van der Waals surface area contributed by atoms with E-state index in [2.05, 4.69) is 59.7 Å². The van der Waals surface area contributed by atoms with Crippen molar-refractivity contribution in [1.82, 2.24) is 0 Å². The van der Waals surface area contributed by atoms with Gasteiger partial charge in [-0.05, 0) is 33.1 Å². The lowest BCUT2D eigenvalue weighted by atomic mass is 9.70. The van der Waals surface area contributed by atoms with Gasteiger partial charge in [0.05, 0.1) is 0 Å². The molecule has 0 aromatic heterocycles. The van der Waals surface area contributed by atoms with E-state index in [9.17, 15) is 0 Å². The fourth-order valence-electron chi connectivity index (χ4n) is 3.20. The second-order valence-corrected chi connectivity index (χ2v) is 8.46. The SMILES string of the molecule is CC(C)(C)c1cccc(C(N)(N)c2ccccc2)c1C(C)(C)C. The molecule has 0 saturated carbocycles. The minimum Gasteiger partial charge on any atom is -0.306 e. The van der Waals surface area contributed by atoms with Crippen LogP contribution in [0.1, 0.15) is 63.8 Å². The molecule has 0 unspecified atom stereocenters. The summed E-state index contributed by atoms with van der Waals surface area (Å²) in [5.74, 6) is 0. The van der Waals surface area contributed by atoms with Gasteiger partial charge in [0.15, 0.2) is 0 Å². The van der Waals surface area contributed by atoms with E-state index >= 15 is 0 Å². The lowest BCUT2D eigenvalue weighted by molar-refractivity contribution is 0.492. The third kappa shape index (κ3) is 3.49. The van der Waals surface area contributed by atoms with Gasteiger partial charge >= 0.3 is 0 Å². The van der Waals surface area contributed by atoms with Crippen LogP contribution in [0, 0.1) is 0 Å². The Morgan fingerprint density at radius 2 is 1.13 bits per heavy atom. The molecule has 0 saturated heterocycles. The van der Waals surface area contributed by atoms with Crippen LogP contribution in [0.15, 0.2) is 48.5 Å². The third-order valence-electron chi connectivity index (χ3n) is 4.32. The molecule has 2 aromatic carbocycles. The number of hydrogen-bond acceptors (Lipinski definition) is 2. The zero-order valence-corrected chi connectivity index (χ0v) is 15.3. The molecular formula is C21H30N2. The molecule has 2 heteroatoms. The second-order valence-electron chi connectivity index (χ2n) is 8.46. The van der Waals surface area contributed by atoms with E-state index in [4.69, 9.17) is 11.5 Å². The van der Waals surface area contributed by atoms with Crippen molar-refractivity contribution in [1.29, 1.82) is 0 Å². The number of nitrogens with two attached hydrogens (primary N) is 2. The first kappa shape index (κ1) is 17.7. The van der Waals surface area contributed by atoms with Gasteiger partial charge in [-0.1, -0.05) is 90.1 Å². The Hall–Kier alpha value is -1.64. The molecule has 2 rings (SSSR count). The van der Waals surface area contributed by atoms with E-state index in [1.54, 1.807) is 0 Å². The van der Waals surface area contributed by atoms with Crippen molar-refractivity contribution >= 4 is 0 Å². The van der Waals surface area contributed by atoms with Gasteiger partial charge in [-0.3, -0.25) is 0 Å². The van der Waals surface area contributed by atoms with Crippen molar-refractivity contribution in [3.05, 3.63) is 70.8 Å². The lowest BCUT2D eigenvalue weighted by Gasteiger charge is -2.37. The van der Waals surface area contributed by atoms with Gasteiger partial charge in [0, 0.05) is 0 Å². The van der Waals surface area contributed by atoms with Gasteiger partial charge in [0.25, 0.3) is 0 Å². The molecule has 0 fully saturated rings. The molecule has 0 radical (unpaired) electrons. The molecule has 23 heavy (non-hydrogen) atoms. The maximum atomic E-state index is 6.65. The first-order chi connectivity index (χ1) is 10.5. The maximum Gasteiger partial charge on any atom is 0.117 e. The Morgan fingerprint density at radius 1 is 0.609 bits per heavy atom. The third-order valence-corrected chi connectivity index (χ3v) is 4.32. The van der Waals surface area contributed by atoms with Gasteiger partial charge in [-0.25, -0.2) is 0 Å². The van der Waals surface area contributed by atoms with Crippen LogP contribution in [0.4, 0.5) is 0 Å². The lowest BCUT2D eigenvalue weighted by Crippen LogP contribution is -2.49. The molecule has 0 amide bonds. The highest BCUT2D eigenvalue weighted by atomic mass is 15.0. The summed E-state index contributed by atoms with van der Waals surface area (Å²) in [6, 6.07) is 16.3. The van der Waals surface area contributed by atoms with Crippen LogP contribution < -0.4 is 11.5 Å². The molecule has 0 atom stereocenters. The zero-order chi connectivity index (χ0) is 17.5. The molecule has 0 aliphatic carbocycles. The normalized spacial score (nSPS) is 13.2. The van der Waals surface area contributed by atoms with Crippen LogP contribution >= 0.6 is 0 Å². The highest BCUT2D eigenvalue weighted by Crippen LogP contribution is 2.39. The first-order valence-electron chi connectivity index (χ1n) is 8.23. The van der Waals surface area contributed by atoms with Crippen LogP contribution in [0.5, 0.6) is 0 Å². The predicted molar refractivity (Wildman–Crippen MR) is 99.4 cm³/mol. The summed E-state index contributed by atoms with van der Waals surface area (Å²) in [7, 11) is 0. The van der Waals surface area contributed by atoms with Crippen molar-refractivity contribution in [3.63, 3.8) is 0 Å². The minimum atomic E-state index is -1.01. The van der Waals surface area contributed by atoms with Crippen molar-refractivity contribution in [3.8, 4) is 0 Å². The summed E-state index contributed by atoms with van der Waals surface area (Å²) in [4.78, 5) is 0. The standard InChI is InChI=1S/C21H30N2/c1-19(2,3)16-13-10-14-17(18(16)20(4,5)6)21(22,23)15-11-8-7-9-12-15/h7-14H,22-23H2,1-6H3. The van der Waals surface area contributed by atoms with E-state index in [1.807, 2.05) is 30.3 Å². The van der Waals surface area contributed by atoms with Gasteiger partial charge in [-0.15, -0.1) is 0 Å². The fourth-order valence-corrected chi connectivity index (χ4v) is 3.20. The van der Waals surface area contributed by atoms with E-state index in [0.29, 0.717) is 0 Å². The molecule has 124 valence electrons. The molecular weight excluding hydrogens is 280 g/mol. The second kappa shape index (κ2) is 5.77. The summed E-state index contributed by atoms with van der Waals surface area (Å²) in [6.07, 6.45) is 0. The summed E-state index contributed by atoms with van der Waals surface area (Å²) < 4.78 is 0. The molecule has 2 aromatic rings. The topological polar surface area (TPSA) is 52.0 Å². The minimum absolute atomic E-state index is 0.0331. The smallest absolute Gasteiger partial charge is 0.117 e. The maximum absolute atomic E-state index is 6.65. The van der Waals surface area contributed by atoms with Crippen LogP contribution in [0.25, 0.3) is 0 Å². The van der Waals surface area contributed by atoms with Crippen molar-refractivity contribution in [2.24, 2.45) is 11.5 Å². The molecule has 0 aliphatic rings. The van der Waals surface area contributed by atoms with Crippen LogP contribution in [-0.2, 0) is 16.5 Å². The van der Waals surface area contributed by atoms with Gasteiger partial charge in [-0.2, -0.15) is 0 Å². The average molecular weight is 310 g/mol. The Morgan fingerprint density at radius 3 is 1.61 bits per heavy atom. The molecule has 4 N–H and O–H groups in total. The highest BCUT2D eigenvalue weighted by molar-refractivity contribution is 5.50. The molecule has 2 nitrogen and oxygen atoms in total. The Kier molecular flexibility index (Phi) is 4.44.